The van der Waals surface area contributed by atoms with Gasteiger partial charge in [-0.2, -0.15) is 0 Å². The zero-order chi connectivity index (χ0) is 13.0. The topological polar surface area (TPSA) is 12.0 Å². The Morgan fingerprint density at radius 1 is 1.16 bits per heavy atom. The van der Waals surface area contributed by atoms with Gasteiger partial charge < -0.3 is 5.32 Å². The average Bonchev–Trinajstić information content (AvgIpc) is 2.56. The average molecular weight is 314 g/mol. The van der Waals surface area contributed by atoms with Crippen LogP contribution in [0.5, 0.6) is 0 Å². The minimum atomic E-state index is 0.0659. The molecule has 0 saturated carbocycles. The van der Waals surface area contributed by atoms with Gasteiger partial charge in [-0.15, -0.1) is 0 Å². The molecule has 2 heterocycles. The van der Waals surface area contributed by atoms with E-state index >= 15 is 0 Å². The van der Waals surface area contributed by atoms with Crippen molar-refractivity contribution in [1.82, 2.24) is 5.32 Å². The molecule has 0 saturated heterocycles. The number of rotatable bonds is 0. The number of halogens is 1. The van der Waals surface area contributed by atoms with Crippen molar-refractivity contribution in [3.63, 3.8) is 0 Å². The summed E-state index contributed by atoms with van der Waals surface area (Å²) >= 11 is 3.61. The monoisotopic (exact) mass is 313 g/mol. The predicted octanol–water partition coefficient (Wildman–Crippen LogP) is 4.11. The molecule has 19 heavy (non-hydrogen) atoms. The van der Waals surface area contributed by atoms with E-state index in [9.17, 15) is 0 Å². The van der Waals surface area contributed by atoms with Crippen LogP contribution in [0.3, 0.4) is 0 Å². The summed E-state index contributed by atoms with van der Waals surface area (Å²) < 4.78 is 1.17. The third-order valence-corrected chi connectivity index (χ3v) is 5.06. The fourth-order valence-corrected chi connectivity index (χ4v) is 4.05. The molecule has 2 aromatic carbocycles. The Bertz CT molecular complexity index is 664. The third-order valence-electron chi connectivity index (χ3n) is 4.56. The predicted molar refractivity (Wildman–Crippen MR) is 81.2 cm³/mol. The molecule has 96 valence electrons. The van der Waals surface area contributed by atoms with Crippen LogP contribution >= 0.6 is 15.9 Å². The lowest BCUT2D eigenvalue weighted by atomic mass is 9.82. The Morgan fingerprint density at radius 2 is 1.95 bits per heavy atom. The Balaban J connectivity index is 1.91. The smallest absolute Gasteiger partial charge is 0.0455 e. The van der Waals surface area contributed by atoms with Gasteiger partial charge in [-0.3, -0.25) is 0 Å². The van der Waals surface area contributed by atoms with Gasteiger partial charge in [0.1, 0.15) is 0 Å². The largest absolute Gasteiger partial charge is 0.300 e. The number of hydrogen-bond acceptors (Lipinski definition) is 1. The molecule has 2 bridgehead atoms. The molecule has 0 aromatic heterocycles. The lowest BCUT2D eigenvalue weighted by Crippen LogP contribution is -2.36. The highest BCUT2D eigenvalue weighted by Gasteiger charge is 2.42. The summed E-state index contributed by atoms with van der Waals surface area (Å²) in [5, 5.41) is 3.85. The number of nitrogens with one attached hydrogen (secondary N) is 1. The number of benzene rings is 2. The first-order valence-electron chi connectivity index (χ1n) is 6.80. The summed E-state index contributed by atoms with van der Waals surface area (Å²) in [6, 6.07) is 16.0. The van der Waals surface area contributed by atoms with Crippen LogP contribution in [0.25, 0.3) is 0 Å². The summed E-state index contributed by atoms with van der Waals surface area (Å²) in [4.78, 5) is 0. The van der Waals surface area contributed by atoms with Crippen LogP contribution in [0, 0.1) is 0 Å². The van der Waals surface area contributed by atoms with Gasteiger partial charge in [0.05, 0.1) is 0 Å². The Hall–Kier alpha value is -1.12. The Labute approximate surface area is 122 Å². The highest BCUT2D eigenvalue weighted by Crippen LogP contribution is 2.44. The van der Waals surface area contributed by atoms with Gasteiger partial charge in [-0.25, -0.2) is 0 Å². The molecule has 1 nitrogen and oxygen atoms in total. The van der Waals surface area contributed by atoms with E-state index in [0.29, 0.717) is 6.04 Å². The molecule has 2 aliphatic rings. The molecular formula is C17H16BrN. The lowest BCUT2D eigenvalue weighted by molar-refractivity contribution is 0.368. The normalized spacial score (nSPS) is 27.6. The van der Waals surface area contributed by atoms with Gasteiger partial charge >= 0.3 is 0 Å². The number of hydrogen-bond donors (Lipinski definition) is 1. The number of fused-ring (bicyclic) bond motifs is 6. The first-order chi connectivity index (χ1) is 9.16. The van der Waals surface area contributed by atoms with Crippen molar-refractivity contribution in [2.24, 2.45) is 0 Å². The molecule has 0 amide bonds. The van der Waals surface area contributed by atoms with Crippen LogP contribution in [-0.4, -0.2) is 0 Å². The first-order valence-corrected chi connectivity index (χ1v) is 7.59. The van der Waals surface area contributed by atoms with E-state index in [1.807, 2.05) is 0 Å². The van der Waals surface area contributed by atoms with Gasteiger partial charge in [0, 0.05) is 16.1 Å². The van der Waals surface area contributed by atoms with Gasteiger partial charge in [0.2, 0.25) is 0 Å². The molecule has 2 unspecified atom stereocenters. The first kappa shape index (κ1) is 11.7. The van der Waals surface area contributed by atoms with Crippen LogP contribution in [0.2, 0.25) is 0 Å². The standard InChI is InChI=1S/C17H16BrN/c1-17-10-12-5-3-2-4-11(12)8-16(19-17)14-7-6-13(18)9-15(14)17/h2-7,9,16,19H,8,10H2,1H3. The van der Waals surface area contributed by atoms with Gasteiger partial charge in [-0.05, 0) is 54.2 Å². The van der Waals surface area contributed by atoms with E-state index in [-0.39, 0.29) is 5.54 Å². The highest BCUT2D eigenvalue weighted by molar-refractivity contribution is 9.10. The molecule has 2 aromatic rings. The quantitative estimate of drug-likeness (QED) is 0.772. The summed E-state index contributed by atoms with van der Waals surface area (Å²) in [6.07, 6.45) is 2.17. The minimum Gasteiger partial charge on any atom is -0.300 e. The summed E-state index contributed by atoms with van der Waals surface area (Å²) in [7, 11) is 0. The third kappa shape index (κ3) is 1.70. The fraction of sp³-hybridized carbons (Fsp3) is 0.294. The van der Waals surface area contributed by atoms with Crippen LogP contribution in [0.15, 0.2) is 46.9 Å². The van der Waals surface area contributed by atoms with E-state index < -0.39 is 0 Å². The van der Waals surface area contributed by atoms with Crippen molar-refractivity contribution in [2.45, 2.75) is 31.3 Å². The summed E-state index contributed by atoms with van der Waals surface area (Å²) in [5.74, 6) is 0. The van der Waals surface area contributed by atoms with Crippen molar-refractivity contribution in [3.8, 4) is 0 Å². The maximum atomic E-state index is 3.85. The molecule has 2 aliphatic heterocycles. The van der Waals surface area contributed by atoms with Crippen LogP contribution < -0.4 is 5.32 Å². The molecule has 2 heteroatoms. The van der Waals surface area contributed by atoms with Gasteiger partial charge in [0.25, 0.3) is 0 Å². The second-order valence-electron chi connectivity index (χ2n) is 5.91. The van der Waals surface area contributed by atoms with Crippen molar-refractivity contribution in [1.29, 1.82) is 0 Å². The molecule has 4 rings (SSSR count). The van der Waals surface area contributed by atoms with Crippen molar-refractivity contribution in [2.75, 3.05) is 0 Å². The van der Waals surface area contributed by atoms with E-state index in [2.05, 4.69) is 70.6 Å². The second kappa shape index (κ2) is 3.94. The molecule has 0 fully saturated rings. The van der Waals surface area contributed by atoms with E-state index in [1.54, 1.807) is 0 Å². The zero-order valence-corrected chi connectivity index (χ0v) is 12.5. The molecular weight excluding hydrogens is 298 g/mol. The fourth-order valence-electron chi connectivity index (χ4n) is 3.69. The maximum Gasteiger partial charge on any atom is 0.0455 e. The van der Waals surface area contributed by atoms with E-state index in [0.717, 1.165) is 12.8 Å². The van der Waals surface area contributed by atoms with Gasteiger partial charge in [0.15, 0.2) is 0 Å². The SMILES string of the molecule is CC12Cc3ccccc3CC(N1)c1ccc(Br)cc12. The van der Waals surface area contributed by atoms with Crippen molar-refractivity contribution < 1.29 is 0 Å². The molecule has 1 N–H and O–H groups in total. The van der Waals surface area contributed by atoms with Crippen LogP contribution in [0.4, 0.5) is 0 Å². The highest BCUT2D eigenvalue weighted by atomic mass is 79.9. The molecule has 0 radical (unpaired) electrons. The van der Waals surface area contributed by atoms with Crippen LogP contribution in [-0.2, 0) is 18.4 Å². The summed E-state index contributed by atoms with van der Waals surface area (Å²) in [6.45, 7) is 2.33. The second-order valence-corrected chi connectivity index (χ2v) is 6.83. The Morgan fingerprint density at radius 3 is 2.79 bits per heavy atom. The molecule has 0 aliphatic carbocycles. The van der Waals surface area contributed by atoms with E-state index in [4.69, 9.17) is 0 Å². The summed E-state index contributed by atoms with van der Waals surface area (Å²) in [5.41, 5.74) is 5.99. The van der Waals surface area contributed by atoms with Gasteiger partial charge in [-0.1, -0.05) is 46.3 Å². The molecule has 0 spiro atoms. The zero-order valence-electron chi connectivity index (χ0n) is 10.9. The van der Waals surface area contributed by atoms with E-state index in [1.165, 1.54) is 26.7 Å². The van der Waals surface area contributed by atoms with Crippen LogP contribution in [0.1, 0.15) is 35.2 Å². The minimum absolute atomic E-state index is 0.0659. The van der Waals surface area contributed by atoms with Crippen molar-refractivity contribution >= 4 is 15.9 Å². The van der Waals surface area contributed by atoms with Crippen molar-refractivity contribution in [3.05, 3.63) is 69.2 Å². The lowest BCUT2D eigenvalue weighted by Gasteiger charge is -2.26. The maximum absolute atomic E-state index is 3.85. The molecule has 2 atom stereocenters. The Kier molecular flexibility index (Phi) is 2.42.